The quantitative estimate of drug-likeness (QED) is 0.274. The van der Waals surface area contributed by atoms with E-state index in [0.717, 1.165) is 11.1 Å². The third-order valence-corrected chi connectivity index (χ3v) is 4.80. The lowest BCUT2D eigenvalue weighted by atomic mass is 10.1. The van der Waals surface area contributed by atoms with E-state index in [1.165, 1.54) is 18.2 Å². The molecule has 10 nitrogen and oxygen atoms in total. The van der Waals surface area contributed by atoms with Crippen LogP contribution in [0.3, 0.4) is 0 Å². The normalized spacial score (nSPS) is 14.9. The molecule has 4 rings (SSSR count). The van der Waals surface area contributed by atoms with Crippen molar-refractivity contribution in [1.82, 2.24) is 10.3 Å². The molecular weight excluding hydrogens is 428 g/mol. The molecule has 10 heteroatoms. The molecule has 2 aromatic carbocycles. The molecule has 0 aliphatic carbocycles. The Kier molecular flexibility index (Phi) is 5.64. The van der Waals surface area contributed by atoms with Crippen LogP contribution in [0, 0.1) is 17.0 Å². The molecule has 0 unspecified atom stereocenters. The number of para-hydroxylation sites is 1. The van der Waals surface area contributed by atoms with Crippen molar-refractivity contribution in [2.24, 2.45) is 0 Å². The smallest absolute Gasteiger partial charge is 0.335 e. The Morgan fingerprint density at radius 1 is 1.03 bits per heavy atom. The van der Waals surface area contributed by atoms with Crippen molar-refractivity contribution in [2.45, 2.75) is 6.92 Å². The average molecular weight is 444 g/mol. The molecule has 1 aliphatic heterocycles. The minimum absolute atomic E-state index is 0.155. The Bertz CT molecular complexity index is 1300. The van der Waals surface area contributed by atoms with Gasteiger partial charge in [0.2, 0.25) is 5.88 Å². The molecular formula is C23H16N4O6. The number of aromatic nitrogens is 1. The second-order valence-electron chi connectivity index (χ2n) is 7.03. The van der Waals surface area contributed by atoms with Crippen molar-refractivity contribution >= 4 is 35.3 Å². The first-order valence-corrected chi connectivity index (χ1v) is 9.69. The van der Waals surface area contributed by atoms with E-state index < -0.39 is 22.8 Å². The summed E-state index contributed by atoms with van der Waals surface area (Å²) in [5, 5.41) is 12.9. The second-order valence-corrected chi connectivity index (χ2v) is 7.03. The lowest BCUT2D eigenvalue weighted by Gasteiger charge is -2.27. The van der Waals surface area contributed by atoms with Crippen LogP contribution in [0.5, 0.6) is 11.6 Å². The monoisotopic (exact) mass is 444 g/mol. The van der Waals surface area contributed by atoms with E-state index in [0.29, 0.717) is 22.6 Å². The molecule has 0 saturated carbocycles. The van der Waals surface area contributed by atoms with E-state index in [-0.39, 0.29) is 17.1 Å². The number of aryl methyl sites for hydroxylation is 1. The number of amides is 4. The number of urea groups is 1. The van der Waals surface area contributed by atoms with E-state index in [9.17, 15) is 24.5 Å². The first-order chi connectivity index (χ1) is 15.8. The van der Waals surface area contributed by atoms with Gasteiger partial charge in [0.1, 0.15) is 17.5 Å². The lowest BCUT2D eigenvalue weighted by molar-refractivity contribution is -0.385. The number of barbiturate groups is 1. The summed E-state index contributed by atoms with van der Waals surface area (Å²) in [6, 6.07) is 15.1. The minimum Gasteiger partial charge on any atom is -0.439 e. The molecule has 164 valence electrons. The van der Waals surface area contributed by atoms with Gasteiger partial charge >= 0.3 is 6.03 Å². The summed E-state index contributed by atoms with van der Waals surface area (Å²) < 4.78 is 5.55. The highest BCUT2D eigenvalue weighted by molar-refractivity contribution is 6.39. The lowest BCUT2D eigenvalue weighted by Crippen LogP contribution is -2.54. The second kappa shape index (κ2) is 8.71. The maximum Gasteiger partial charge on any atom is 0.335 e. The molecule has 2 heterocycles. The summed E-state index contributed by atoms with van der Waals surface area (Å²) in [4.78, 5) is 52.6. The van der Waals surface area contributed by atoms with Crippen molar-refractivity contribution in [3.05, 3.63) is 93.7 Å². The van der Waals surface area contributed by atoms with Crippen molar-refractivity contribution in [1.29, 1.82) is 0 Å². The van der Waals surface area contributed by atoms with Crippen LogP contribution in [-0.2, 0) is 9.59 Å². The number of benzene rings is 2. The van der Waals surface area contributed by atoms with Gasteiger partial charge in [-0.05, 0) is 42.3 Å². The first kappa shape index (κ1) is 21.4. The molecule has 0 bridgehead atoms. The molecule has 1 N–H and O–H groups in total. The summed E-state index contributed by atoms with van der Waals surface area (Å²) in [7, 11) is 0. The molecule has 3 aromatic rings. The summed E-state index contributed by atoms with van der Waals surface area (Å²) >= 11 is 0. The van der Waals surface area contributed by atoms with Crippen LogP contribution >= 0.6 is 0 Å². The maximum absolute atomic E-state index is 13.0. The van der Waals surface area contributed by atoms with Gasteiger partial charge < -0.3 is 4.74 Å². The molecule has 0 atom stereocenters. The van der Waals surface area contributed by atoms with Crippen LogP contribution < -0.4 is 15.0 Å². The van der Waals surface area contributed by atoms with Crippen LogP contribution in [0.1, 0.15) is 11.1 Å². The first-order valence-electron chi connectivity index (χ1n) is 9.69. The van der Waals surface area contributed by atoms with E-state index in [1.54, 1.807) is 55.5 Å². The number of hydrogen-bond donors (Lipinski definition) is 1. The number of carbonyl (C=O) groups excluding carboxylic acids is 3. The van der Waals surface area contributed by atoms with Crippen molar-refractivity contribution in [2.75, 3.05) is 4.90 Å². The summed E-state index contributed by atoms with van der Waals surface area (Å²) in [5.74, 6) is -0.950. The largest absolute Gasteiger partial charge is 0.439 e. The van der Waals surface area contributed by atoms with Crippen molar-refractivity contribution in [3.8, 4) is 11.6 Å². The zero-order valence-corrected chi connectivity index (χ0v) is 17.2. The number of rotatable bonds is 5. The van der Waals surface area contributed by atoms with Gasteiger partial charge in [0, 0.05) is 12.1 Å². The Morgan fingerprint density at radius 2 is 1.76 bits per heavy atom. The predicted molar refractivity (Wildman–Crippen MR) is 118 cm³/mol. The minimum atomic E-state index is -0.809. The van der Waals surface area contributed by atoms with Gasteiger partial charge in [0.05, 0.1) is 10.6 Å². The maximum atomic E-state index is 13.0. The molecule has 1 aliphatic rings. The molecule has 1 saturated heterocycles. The highest BCUT2D eigenvalue weighted by Crippen LogP contribution is 2.26. The number of hydrogen-bond acceptors (Lipinski definition) is 7. The number of nitro groups is 1. The highest BCUT2D eigenvalue weighted by Gasteiger charge is 2.37. The number of imide groups is 2. The molecule has 0 spiro atoms. The molecule has 1 fully saturated rings. The standard InChI is InChI=1S/C23H16N4O6/c1-14-4-2-3-5-19(14)26-22(29)18(21(28)25-23(26)30)12-15-6-9-17(10-7-15)33-20-11-8-16(13-24-20)27(31)32/h2-13H,1H3,(H,25,28,30)/b18-12-. The predicted octanol–water partition coefficient (Wildman–Crippen LogP) is 3.76. The topological polar surface area (TPSA) is 132 Å². The molecule has 4 amide bonds. The summed E-state index contributed by atoms with van der Waals surface area (Å²) in [6.07, 6.45) is 2.46. The van der Waals surface area contributed by atoms with E-state index in [1.807, 2.05) is 0 Å². The number of anilines is 1. The molecule has 0 radical (unpaired) electrons. The van der Waals surface area contributed by atoms with Gasteiger partial charge in [-0.25, -0.2) is 14.7 Å². The van der Waals surface area contributed by atoms with E-state index >= 15 is 0 Å². The van der Waals surface area contributed by atoms with Crippen LogP contribution in [0.2, 0.25) is 0 Å². The fraction of sp³-hybridized carbons (Fsp3) is 0.0435. The third kappa shape index (κ3) is 4.44. The fourth-order valence-corrected chi connectivity index (χ4v) is 3.15. The number of ether oxygens (including phenoxy) is 1. The summed E-state index contributed by atoms with van der Waals surface area (Å²) in [6.45, 7) is 1.76. The third-order valence-electron chi connectivity index (χ3n) is 4.80. The average Bonchev–Trinajstić information content (AvgIpc) is 2.79. The Hall–Kier alpha value is -4.86. The number of nitrogens with zero attached hydrogens (tertiary/aromatic N) is 3. The van der Waals surface area contributed by atoms with Crippen LogP contribution in [0.4, 0.5) is 16.2 Å². The molecule has 33 heavy (non-hydrogen) atoms. The van der Waals surface area contributed by atoms with Crippen LogP contribution in [0.25, 0.3) is 6.08 Å². The van der Waals surface area contributed by atoms with Gasteiger partial charge in [-0.1, -0.05) is 30.3 Å². The Balaban J connectivity index is 1.55. The fourth-order valence-electron chi connectivity index (χ4n) is 3.15. The Morgan fingerprint density at radius 3 is 2.39 bits per heavy atom. The van der Waals surface area contributed by atoms with Gasteiger partial charge in [-0.15, -0.1) is 0 Å². The zero-order valence-electron chi connectivity index (χ0n) is 17.2. The SMILES string of the molecule is Cc1ccccc1N1C(=O)NC(=O)/C(=C/c2ccc(Oc3ccc([N+](=O)[O-])cn3)cc2)C1=O. The summed E-state index contributed by atoms with van der Waals surface area (Å²) in [5.41, 5.74) is 1.27. The van der Waals surface area contributed by atoms with Gasteiger partial charge in [-0.3, -0.25) is 25.0 Å². The Labute approximate surface area is 187 Å². The van der Waals surface area contributed by atoms with Gasteiger partial charge in [0.15, 0.2) is 0 Å². The number of nitrogens with one attached hydrogen (secondary N) is 1. The van der Waals surface area contributed by atoms with Crippen molar-refractivity contribution in [3.63, 3.8) is 0 Å². The van der Waals surface area contributed by atoms with Crippen LogP contribution in [-0.4, -0.2) is 27.8 Å². The van der Waals surface area contributed by atoms with Gasteiger partial charge in [-0.2, -0.15) is 0 Å². The van der Waals surface area contributed by atoms with E-state index in [2.05, 4.69) is 10.3 Å². The van der Waals surface area contributed by atoms with Crippen LogP contribution in [0.15, 0.2) is 72.4 Å². The van der Waals surface area contributed by atoms with Crippen molar-refractivity contribution < 1.29 is 24.0 Å². The number of carbonyl (C=O) groups is 3. The highest BCUT2D eigenvalue weighted by atomic mass is 16.6. The zero-order chi connectivity index (χ0) is 23.5. The molecule has 1 aromatic heterocycles. The van der Waals surface area contributed by atoms with Gasteiger partial charge in [0.25, 0.3) is 17.5 Å². The van der Waals surface area contributed by atoms with E-state index in [4.69, 9.17) is 4.74 Å². The number of pyridine rings is 1.